The number of hydrogen-bond acceptors (Lipinski definition) is 2. The van der Waals surface area contributed by atoms with Crippen LogP contribution in [-0.2, 0) is 12.3 Å². The molecule has 0 amide bonds. The molecule has 0 bridgehead atoms. The van der Waals surface area contributed by atoms with Gasteiger partial charge < -0.3 is 9.47 Å². The Morgan fingerprint density at radius 2 is 1.05 bits per heavy atom. The highest BCUT2D eigenvalue weighted by Gasteiger charge is 1.97. The lowest BCUT2D eigenvalue weighted by Gasteiger charge is -2.05. The smallest absolute Gasteiger partial charge is 0.118 e. The fraction of sp³-hybridized carbons (Fsp3) is 0.250. The Labute approximate surface area is 116 Å². The van der Waals surface area contributed by atoms with Gasteiger partial charge in [-0.05, 0) is 47.7 Å². The molecule has 0 heterocycles. The highest BCUT2D eigenvalue weighted by molar-refractivity contribution is 7.36. The van der Waals surface area contributed by atoms with Gasteiger partial charge in [-0.2, -0.15) is 0 Å². The molecule has 0 aliphatic rings. The van der Waals surface area contributed by atoms with Gasteiger partial charge in [0, 0.05) is 0 Å². The average molecular weight is 274 g/mol. The minimum Gasteiger partial charge on any atom is -0.497 e. The Hall–Kier alpha value is -1.53. The molecule has 0 unspecified atom stereocenters. The summed E-state index contributed by atoms with van der Waals surface area (Å²) in [4.78, 5) is 0. The van der Waals surface area contributed by atoms with E-state index < -0.39 is 0 Å². The number of benzene rings is 2. The lowest BCUT2D eigenvalue weighted by molar-refractivity contribution is 0.414. The van der Waals surface area contributed by atoms with E-state index in [-0.39, 0.29) is 0 Å². The molecule has 0 N–H and O–H groups in total. The van der Waals surface area contributed by atoms with Crippen LogP contribution in [0, 0.1) is 0 Å². The van der Waals surface area contributed by atoms with Gasteiger partial charge in [0.05, 0.1) is 14.2 Å². The normalized spacial score (nSPS) is 10.2. The summed E-state index contributed by atoms with van der Waals surface area (Å²) in [6, 6.07) is 16.6. The zero-order chi connectivity index (χ0) is 13.5. The number of ether oxygens (including phenoxy) is 2. The second kappa shape index (κ2) is 7.16. The van der Waals surface area contributed by atoms with Crippen LogP contribution in [0.15, 0.2) is 48.5 Å². The van der Waals surface area contributed by atoms with Crippen molar-refractivity contribution in [1.29, 1.82) is 0 Å². The second-order valence-electron chi connectivity index (χ2n) is 4.30. The fourth-order valence-corrected chi connectivity index (χ4v) is 3.01. The maximum absolute atomic E-state index is 5.16. The topological polar surface area (TPSA) is 18.5 Å². The van der Waals surface area contributed by atoms with Gasteiger partial charge in [0.15, 0.2) is 0 Å². The van der Waals surface area contributed by atoms with Crippen molar-refractivity contribution in [1.82, 2.24) is 0 Å². The van der Waals surface area contributed by atoms with Crippen LogP contribution in [-0.4, -0.2) is 14.2 Å². The molecule has 0 radical (unpaired) electrons. The highest BCUT2D eigenvalue weighted by Crippen LogP contribution is 2.25. The molecule has 0 fully saturated rings. The van der Waals surface area contributed by atoms with E-state index in [1.807, 2.05) is 24.3 Å². The Morgan fingerprint density at radius 1 is 0.684 bits per heavy atom. The van der Waals surface area contributed by atoms with Gasteiger partial charge in [0.25, 0.3) is 0 Å². The quantitative estimate of drug-likeness (QED) is 0.739. The van der Waals surface area contributed by atoms with Gasteiger partial charge in [-0.15, -0.1) is 8.58 Å². The van der Waals surface area contributed by atoms with Gasteiger partial charge in [0.2, 0.25) is 0 Å². The average Bonchev–Trinajstić information content (AvgIpc) is 2.49. The van der Waals surface area contributed by atoms with Crippen molar-refractivity contribution in [2.24, 2.45) is 0 Å². The number of rotatable bonds is 6. The molecule has 2 nitrogen and oxygen atoms in total. The summed E-state index contributed by atoms with van der Waals surface area (Å²) in [5.41, 5.74) is 2.74. The number of methoxy groups -OCH3 is 2. The van der Waals surface area contributed by atoms with Crippen molar-refractivity contribution in [2.75, 3.05) is 14.2 Å². The lowest BCUT2D eigenvalue weighted by Crippen LogP contribution is -1.85. The van der Waals surface area contributed by atoms with E-state index in [0.29, 0.717) is 0 Å². The van der Waals surface area contributed by atoms with Gasteiger partial charge in [-0.25, -0.2) is 0 Å². The third-order valence-electron chi connectivity index (χ3n) is 2.98. The van der Waals surface area contributed by atoms with Gasteiger partial charge in [0.1, 0.15) is 11.5 Å². The molecule has 0 atom stereocenters. The summed E-state index contributed by atoms with van der Waals surface area (Å²) < 4.78 is 10.3. The van der Waals surface area contributed by atoms with Crippen LogP contribution in [0.3, 0.4) is 0 Å². The maximum atomic E-state index is 5.16. The monoisotopic (exact) mass is 274 g/mol. The third-order valence-corrected chi connectivity index (χ3v) is 4.29. The Bertz CT molecular complexity index is 444. The maximum Gasteiger partial charge on any atom is 0.118 e. The first-order valence-corrected chi connectivity index (χ1v) is 7.70. The molecule has 2 rings (SSSR count). The van der Waals surface area contributed by atoms with Crippen molar-refractivity contribution in [2.45, 2.75) is 12.3 Å². The molecule has 0 saturated carbocycles. The summed E-state index contributed by atoms with van der Waals surface area (Å²) in [5.74, 6) is 1.84. The summed E-state index contributed by atoms with van der Waals surface area (Å²) in [7, 11) is 4.29. The summed E-state index contributed by atoms with van der Waals surface area (Å²) in [6.07, 6.45) is 2.24. The highest BCUT2D eigenvalue weighted by atomic mass is 31.1. The predicted molar refractivity (Wildman–Crippen MR) is 81.7 cm³/mol. The molecule has 100 valence electrons. The molecular formula is C16H19O2P. The Morgan fingerprint density at radius 3 is 1.37 bits per heavy atom. The van der Waals surface area contributed by atoms with E-state index in [0.717, 1.165) is 32.4 Å². The van der Waals surface area contributed by atoms with Crippen LogP contribution >= 0.6 is 8.58 Å². The van der Waals surface area contributed by atoms with Gasteiger partial charge in [-0.1, -0.05) is 24.3 Å². The standard InChI is InChI=1S/C16H19O2P/c1-17-15-7-3-13(4-8-15)11-19-12-14-5-9-16(18-2)10-6-14/h3-10,19H,11-12H2,1-2H3. The van der Waals surface area contributed by atoms with Crippen molar-refractivity contribution in [3.05, 3.63) is 59.7 Å². The van der Waals surface area contributed by atoms with E-state index in [2.05, 4.69) is 24.3 Å². The van der Waals surface area contributed by atoms with Crippen LogP contribution in [0.4, 0.5) is 0 Å². The van der Waals surface area contributed by atoms with Crippen molar-refractivity contribution in [3.8, 4) is 11.5 Å². The van der Waals surface area contributed by atoms with Crippen molar-refractivity contribution < 1.29 is 9.47 Å². The van der Waals surface area contributed by atoms with E-state index in [1.54, 1.807) is 14.2 Å². The van der Waals surface area contributed by atoms with Crippen LogP contribution in [0.2, 0.25) is 0 Å². The molecule has 0 spiro atoms. The first-order chi connectivity index (χ1) is 9.31. The fourth-order valence-electron chi connectivity index (χ4n) is 1.84. The van der Waals surface area contributed by atoms with Crippen molar-refractivity contribution >= 4 is 8.58 Å². The van der Waals surface area contributed by atoms with Crippen LogP contribution in [0.5, 0.6) is 11.5 Å². The molecule has 2 aromatic carbocycles. The predicted octanol–water partition coefficient (Wildman–Crippen LogP) is 4.08. The SMILES string of the molecule is COc1ccc(CPCc2ccc(OC)cc2)cc1. The van der Waals surface area contributed by atoms with Crippen LogP contribution < -0.4 is 9.47 Å². The van der Waals surface area contributed by atoms with E-state index in [9.17, 15) is 0 Å². The molecule has 3 heteroatoms. The first-order valence-electron chi connectivity index (χ1n) is 6.28. The van der Waals surface area contributed by atoms with Crippen LogP contribution in [0.25, 0.3) is 0 Å². The molecule has 0 aliphatic heterocycles. The zero-order valence-electron chi connectivity index (χ0n) is 11.3. The van der Waals surface area contributed by atoms with Gasteiger partial charge >= 0.3 is 0 Å². The minimum atomic E-state index is 0.900. The van der Waals surface area contributed by atoms with E-state index >= 15 is 0 Å². The van der Waals surface area contributed by atoms with Gasteiger partial charge in [-0.3, -0.25) is 0 Å². The van der Waals surface area contributed by atoms with E-state index in [1.165, 1.54) is 11.1 Å². The largest absolute Gasteiger partial charge is 0.497 e. The minimum absolute atomic E-state index is 0.900. The third kappa shape index (κ3) is 4.25. The molecule has 0 aliphatic carbocycles. The number of hydrogen-bond donors (Lipinski definition) is 0. The summed E-state index contributed by atoms with van der Waals surface area (Å²) in [5, 5.41) is 0. The Kier molecular flexibility index (Phi) is 5.23. The molecule has 19 heavy (non-hydrogen) atoms. The Balaban J connectivity index is 1.81. The zero-order valence-corrected chi connectivity index (χ0v) is 12.3. The molecule has 2 aromatic rings. The lowest BCUT2D eigenvalue weighted by atomic mass is 10.2. The summed E-state index contributed by atoms with van der Waals surface area (Å²) in [6.45, 7) is 0. The molecule has 0 saturated heterocycles. The van der Waals surface area contributed by atoms with Crippen LogP contribution in [0.1, 0.15) is 11.1 Å². The molecule has 0 aromatic heterocycles. The first kappa shape index (κ1) is 13.9. The summed E-state index contributed by atoms with van der Waals surface area (Å²) >= 11 is 0. The van der Waals surface area contributed by atoms with E-state index in [4.69, 9.17) is 9.47 Å². The second-order valence-corrected chi connectivity index (χ2v) is 5.51. The molecular weight excluding hydrogens is 255 g/mol. The van der Waals surface area contributed by atoms with Crippen molar-refractivity contribution in [3.63, 3.8) is 0 Å².